The van der Waals surface area contributed by atoms with Gasteiger partial charge in [-0.25, -0.2) is 0 Å². The van der Waals surface area contributed by atoms with Crippen LogP contribution < -0.4 is 5.32 Å². The fourth-order valence-corrected chi connectivity index (χ4v) is 2.89. The van der Waals surface area contributed by atoms with Crippen molar-refractivity contribution in [3.05, 3.63) is 17.0 Å². The highest BCUT2D eigenvalue weighted by Gasteiger charge is 2.40. The number of hydrogen-bond donors (Lipinski definition) is 1. The predicted octanol–water partition coefficient (Wildman–Crippen LogP) is 2.82. The SMILES string of the molecule is Cc1noc(C)c1CNCC(C1CC1)C1CC1. The van der Waals surface area contributed by atoms with Gasteiger partial charge in [-0.15, -0.1) is 0 Å². The Labute approximate surface area is 103 Å². The van der Waals surface area contributed by atoms with E-state index in [0.717, 1.165) is 35.8 Å². The quantitative estimate of drug-likeness (QED) is 0.822. The summed E-state index contributed by atoms with van der Waals surface area (Å²) in [5.41, 5.74) is 2.28. The molecule has 0 aliphatic heterocycles. The molecule has 0 atom stereocenters. The van der Waals surface area contributed by atoms with Crippen molar-refractivity contribution >= 4 is 0 Å². The second-order valence-electron chi connectivity index (χ2n) is 5.77. The van der Waals surface area contributed by atoms with Crippen LogP contribution in [0, 0.1) is 31.6 Å². The van der Waals surface area contributed by atoms with E-state index in [9.17, 15) is 0 Å². The van der Waals surface area contributed by atoms with Crippen LogP contribution in [0.25, 0.3) is 0 Å². The molecular formula is C14H22N2O. The van der Waals surface area contributed by atoms with Gasteiger partial charge in [-0.1, -0.05) is 5.16 Å². The smallest absolute Gasteiger partial charge is 0.138 e. The molecule has 0 saturated heterocycles. The Morgan fingerprint density at radius 3 is 2.35 bits per heavy atom. The molecule has 3 heteroatoms. The van der Waals surface area contributed by atoms with E-state index >= 15 is 0 Å². The standard InChI is InChI=1S/C14H22N2O/c1-9-13(10(2)17-16-9)7-15-8-14(11-3-4-11)12-5-6-12/h11-12,14-15H,3-8H2,1-2H3. The van der Waals surface area contributed by atoms with Crippen LogP contribution in [0.1, 0.15) is 42.7 Å². The third-order valence-electron chi connectivity index (χ3n) is 4.32. The van der Waals surface area contributed by atoms with Crippen molar-refractivity contribution in [1.82, 2.24) is 10.5 Å². The maximum Gasteiger partial charge on any atom is 0.138 e. The number of aromatic nitrogens is 1. The molecule has 2 fully saturated rings. The van der Waals surface area contributed by atoms with E-state index in [4.69, 9.17) is 4.52 Å². The van der Waals surface area contributed by atoms with Gasteiger partial charge < -0.3 is 9.84 Å². The molecule has 1 aromatic rings. The van der Waals surface area contributed by atoms with E-state index in [2.05, 4.69) is 10.5 Å². The first kappa shape index (κ1) is 11.3. The predicted molar refractivity (Wildman–Crippen MR) is 66.6 cm³/mol. The Bertz CT molecular complexity index is 359. The van der Waals surface area contributed by atoms with Crippen LogP contribution in [0.3, 0.4) is 0 Å². The van der Waals surface area contributed by atoms with Crippen LogP contribution in [-0.2, 0) is 6.54 Å². The van der Waals surface area contributed by atoms with Crippen LogP contribution in [0.15, 0.2) is 4.52 Å². The lowest BCUT2D eigenvalue weighted by atomic mass is 9.98. The van der Waals surface area contributed by atoms with Crippen molar-refractivity contribution in [2.24, 2.45) is 17.8 Å². The molecule has 94 valence electrons. The van der Waals surface area contributed by atoms with Crippen LogP contribution in [-0.4, -0.2) is 11.7 Å². The van der Waals surface area contributed by atoms with Gasteiger partial charge in [0.05, 0.1) is 5.69 Å². The minimum absolute atomic E-state index is 0.914. The van der Waals surface area contributed by atoms with Crippen molar-refractivity contribution in [2.75, 3.05) is 6.54 Å². The molecule has 2 saturated carbocycles. The van der Waals surface area contributed by atoms with Gasteiger partial charge in [0.2, 0.25) is 0 Å². The summed E-state index contributed by atoms with van der Waals surface area (Å²) in [6.45, 7) is 6.11. The average molecular weight is 234 g/mol. The van der Waals surface area contributed by atoms with E-state index in [-0.39, 0.29) is 0 Å². The Kier molecular flexibility index (Phi) is 2.95. The molecule has 0 aromatic carbocycles. The van der Waals surface area contributed by atoms with Crippen LogP contribution >= 0.6 is 0 Å². The molecular weight excluding hydrogens is 212 g/mol. The van der Waals surface area contributed by atoms with Crippen molar-refractivity contribution in [3.63, 3.8) is 0 Å². The minimum atomic E-state index is 0.914. The molecule has 1 N–H and O–H groups in total. The zero-order chi connectivity index (χ0) is 11.8. The van der Waals surface area contributed by atoms with Gasteiger partial charge in [0, 0.05) is 12.1 Å². The number of nitrogens with zero attached hydrogens (tertiary/aromatic N) is 1. The molecule has 0 bridgehead atoms. The lowest BCUT2D eigenvalue weighted by molar-refractivity contribution is 0.375. The second-order valence-corrected chi connectivity index (χ2v) is 5.77. The number of nitrogens with one attached hydrogen (secondary N) is 1. The topological polar surface area (TPSA) is 38.1 Å². The average Bonchev–Trinajstić information content (AvgIpc) is 3.18. The summed E-state index contributed by atoms with van der Waals surface area (Å²) in [4.78, 5) is 0. The van der Waals surface area contributed by atoms with Crippen molar-refractivity contribution in [3.8, 4) is 0 Å². The first-order valence-electron chi connectivity index (χ1n) is 6.88. The summed E-state index contributed by atoms with van der Waals surface area (Å²) in [5, 5.41) is 7.61. The van der Waals surface area contributed by atoms with E-state index in [1.807, 2.05) is 13.8 Å². The normalized spacial score (nSPS) is 20.2. The summed E-state index contributed by atoms with van der Waals surface area (Å²) < 4.78 is 5.18. The number of rotatable bonds is 6. The molecule has 1 aromatic heterocycles. The van der Waals surface area contributed by atoms with Gasteiger partial charge in [-0.05, 0) is 63.8 Å². The summed E-state index contributed by atoms with van der Waals surface area (Å²) >= 11 is 0. The van der Waals surface area contributed by atoms with Gasteiger partial charge in [0.1, 0.15) is 5.76 Å². The molecule has 0 amide bonds. The monoisotopic (exact) mass is 234 g/mol. The van der Waals surface area contributed by atoms with Crippen LogP contribution in [0.2, 0.25) is 0 Å². The molecule has 1 heterocycles. The first-order chi connectivity index (χ1) is 8.25. The van der Waals surface area contributed by atoms with E-state index in [0.29, 0.717) is 0 Å². The lowest BCUT2D eigenvalue weighted by Gasteiger charge is -2.16. The van der Waals surface area contributed by atoms with Crippen molar-refractivity contribution in [1.29, 1.82) is 0 Å². The van der Waals surface area contributed by atoms with Crippen LogP contribution in [0.5, 0.6) is 0 Å². The summed E-state index contributed by atoms with van der Waals surface area (Å²) in [6, 6.07) is 0. The number of hydrogen-bond acceptors (Lipinski definition) is 3. The molecule has 17 heavy (non-hydrogen) atoms. The van der Waals surface area contributed by atoms with Crippen LogP contribution in [0.4, 0.5) is 0 Å². The minimum Gasteiger partial charge on any atom is -0.361 e. The van der Waals surface area contributed by atoms with E-state index in [1.54, 1.807) is 0 Å². The summed E-state index contributed by atoms with van der Waals surface area (Å²) in [7, 11) is 0. The van der Waals surface area contributed by atoms with Gasteiger partial charge in [0.15, 0.2) is 0 Å². The molecule has 0 spiro atoms. The fraction of sp³-hybridized carbons (Fsp3) is 0.786. The second kappa shape index (κ2) is 4.45. The molecule has 3 rings (SSSR count). The first-order valence-corrected chi connectivity index (χ1v) is 6.88. The summed E-state index contributed by atoms with van der Waals surface area (Å²) in [5.74, 6) is 3.96. The van der Waals surface area contributed by atoms with E-state index in [1.165, 1.54) is 37.8 Å². The highest BCUT2D eigenvalue weighted by atomic mass is 16.5. The maximum atomic E-state index is 5.18. The molecule has 3 nitrogen and oxygen atoms in total. The Morgan fingerprint density at radius 2 is 1.88 bits per heavy atom. The Morgan fingerprint density at radius 1 is 1.24 bits per heavy atom. The summed E-state index contributed by atoms with van der Waals surface area (Å²) in [6.07, 6.45) is 5.87. The third-order valence-corrected chi connectivity index (χ3v) is 4.32. The fourth-order valence-electron chi connectivity index (χ4n) is 2.89. The zero-order valence-corrected chi connectivity index (χ0v) is 10.8. The zero-order valence-electron chi connectivity index (χ0n) is 10.8. The van der Waals surface area contributed by atoms with Crippen molar-refractivity contribution in [2.45, 2.75) is 46.1 Å². The lowest BCUT2D eigenvalue weighted by Crippen LogP contribution is -2.25. The van der Waals surface area contributed by atoms with Gasteiger partial charge in [0.25, 0.3) is 0 Å². The third kappa shape index (κ3) is 2.54. The maximum absolute atomic E-state index is 5.18. The Hall–Kier alpha value is -0.830. The molecule has 0 unspecified atom stereocenters. The molecule has 2 aliphatic carbocycles. The largest absolute Gasteiger partial charge is 0.361 e. The molecule has 2 aliphatic rings. The van der Waals surface area contributed by atoms with Crippen molar-refractivity contribution < 1.29 is 4.52 Å². The highest BCUT2D eigenvalue weighted by Crippen LogP contribution is 2.48. The van der Waals surface area contributed by atoms with Gasteiger partial charge >= 0.3 is 0 Å². The van der Waals surface area contributed by atoms with Gasteiger partial charge in [-0.2, -0.15) is 0 Å². The highest BCUT2D eigenvalue weighted by molar-refractivity contribution is 5.20. The van der Waals surface area contributed by atoms with E-state index < -0.39 is 0 Å². The molecule has 0 radical (unpaired) electrons. The Balaban J connectivity index is 1.50. The number of aryl methyl sites for hydroxylation is 2. The van der Waals surface area contributed by atoms with Gasteiger partial charge in [-0.3, -0.25) is 0 Å².